The highest BCUT2D eigenvalue weighted by Gasteiger charge is 2.51. The zero-order chi connectivity index (χ0) is 40.1. The topological polar surface area (TPSA) is 52.1 Å². The SMILES string of the molecule is c1cc(-c2cc(-c3cccc(-c4nc5ccccc5o4)c3)cc(-c3ccc4c(c3)C3(c5ccccc5-c5ccccc53)c3ccccc3-4)c2)cc(-c2nc3ccccc3o2)c1. The Bertz CT molecular complexity index is 3310. The number of rotatable bonds is 5. The number of hydrogen-bond acceptors (Lipinski definition) is 4. The van der Waals surface area contributed by atoms with E-state index in [-0.39, 0.29) is 0 Å². The lowest BCUT2D eigenvalue weighted by Crippen LogP contribution is -2.25. The minimum atomic E-state index is -0.433. The summed E-state index contributed by atoms with van der Waals surface area (Å²) >= 11 is 0. The molecule has 0 unspecified atom stereocenters. The van der Waals surface area contributed by atoms with Crippen LogP contribution in [-0.2, 0) is 5.41 Å². The molecular weight excluding hydrogens is 745 g/mol. The van der Waals surface area contributed by atoms with Gasteiger partial charge >= 0.3 is 0 Å². The lowest BCUT2D eigenvalue weighted by Gasteiger charge is -2.30. The Kier molecular flexibility index (Phi) is 7.19. The van der Waals surface area contributed by atoms with Crippen LogP contribution in [-0.4, -0.2) is 9.97 Å². The van der Waals surface area contributed by atoms with Crippen molar-refractivity contribution >= 4 is 22.2 Å². The van der Waals surface area contributed by atoms with Crippen molar-refractivity contribution in [2.75, 3.05) is 0 Å². The summed E-state index contributed by atoms with van der Waals surface area (Å²) in [5.41, 5.74) is 21.7. The van der Waals surface area contributed by atoms with Crippen LogP contribution in [0.3, 0.4) is 0 Å². The molecule has 0 saturated heterocycles. The van der Waals surface area contributed by atoms with Gasteiger partial charge in [-0.1, -0.05) is 133 Å². The average Bonchev–Trinajstić information content (AvgIpc) is 4.10. The van der Waals surface area contributed by atoms with E-state index in [1.165, 1.54) is 44.5 Å². The van der Waals surface area contributed by atoms with Crippen molar-refractivity contribution in [2.24, 2.45) is 0 Å². The molecule has 0 bridgehead atoms. The van der Waals surface area contributed by atoms with Crippen LogP contribution in [0.15, 0.2) is 215 Å². The van der Waals surface area contributed by atoms with Gasteiger partial charge in [0.25, 0.3) is 0 Å². The van der Waals surface area contributed by atoms with Gasteiger partial charge in [0.1, 0.15) is 11.0 Å². The van der Waals surface area contributed by atoms with Crippen LogP contribution in [0.1, 0.15) is 22.3 Å². The number of fused-ring (bicyclic) bond motifs is 12. The molecule has 0 atom stereocenters. The highest BCUT2D eigenvalue weighted by molar-refractivity contribution is 5.96. The van der Waals surface area contributed by atoms with Gasteiger partial charge < -0.3 is 8.83 Å². The molecule has 284 valence electrons. The van der Waals surface area contributed by atoms with Gasteiger partial charge in [0.05, 0.1) is 5.41 Å². The van der Waals surface area contributed by atoms with Gasteiger partial charge in [0, 0.05) is 11.1 Å². The normalized spacial score (nSPS) is 13.0. The third-order valence-corrected chi connectivity index (χ3v) is 12.7. The van der Waals surface area contributed by atoms with Crippen LogP contribution in [0.2, 0.25) is 0 Å². The van der Waals surface area contributed by atoms with Crippen molar-refractivity contribution in [3.05, 3.63) is 229 Å². The Hall–Kier alpha value is -8.08. The smallest absolute Gasteiger partial charge is 0.227 e. The molecule has 2 aliphatic carbocycles. The van der Waals surface area contributed by atoms with E-state index in [9.17, 15) is 0 Å². The molecule has 9 aromatic carbocycles. The molecule has 2 aliphatic rings. The van der Waals surface area contributed by atoms with E-state index in [0.717, 1.165) is 66.7 Å². The van der Waals surface area contributed by atoms with Crippen molar-refractivity contribution in [1.82, 2.24) is 9.97 Å². The zero-order valence-corrected chi connectivity index (χ0v) is 32.8. The Morgan fingerprint density at radius 2 is 0.656 bits per heavy atom. The van der Waals surface area contributed by atoms with Gasteiger partial charge in [-0.05, 0) is 151 Å². The fraction of sp³-hybridized carbons (Fsp3) is 0.0175. The highest BCUT2D eigenvalue weighted by atomic mass is 16.4. The Morgan fingerprint density at radius 3 is 1.13 bits per heavy atom. The number of nitrogens with zero attached hydrogens (tertiary/aromatic N) is 2. The zero-order valence-electron chi connectivity index (χ0n) is 32.8. The van der Waals surface area contributed by atoms with E-state index in [4.69, 9.17) is 18.8 Å². The monoisotopic (exact) mass is 778 g/mol. The Morgan fingerprint density at radius 1 is 0.279 bits per heavy atom. The van der Waals surface area contributed by atoms with Crippen molar-refractivity contribution in [2.45, 2.75) is 5.41 Å². The summed E-state index contributed by atoms with van der Waals surface area (Å²) in [4.78, 5) is 9.68. The van der Waals surface area contributed by atoms with Gasteiger partial charge in [-0.25, -0.2) is 9.97 Å². The molecule has 0 saturated carbocycles. The second kappa shape index (κ2) is 13.0. The van der Waals surface area contributed by atoms with E-state index >= 15 is 0 Å². The molecular formula is C57H34N2O2. The van der Waals surface area contributed by atoms with E-state index in [1.54, 1.807) is 0 Å². The van der Waals surface area contributed by atoms with Gasteiger partial charge in [-0.2, -0.15) is 0 Å². The summed E-state index contributed by atoms with van der Waals surface area (Å²) in [6, 6.07) is 73.8. The maximum absolute atomic E-state index is 6.25. The fourth-order valence-corrected chi connectivity index (χ4v) is 10.1. The molecule has 4 nitrogen and oxygen atoms in total. The maximum Gasteiger partial charge on any atom is 0.227 e. The minimum absolute atomic E-state index is 0.433. The average molecular weight is 779 g/mol. The summed E-state index contributed by atoms with van der Waals surface area (Å²) in [7, 11) is 0. The number of para-hydroxylation sites is 4. The molecule has 0 radical (unpaired) electrons. The molecule has 2 aromatic heterocycles. The Balaban J connectivity index is 1.01. The van der Waals surface area contributed by atoms with Crippen LogP contribution in [0, 0.1) is 0 Å². The first-order valence-electron chi connectivity index (χ1n) is 20.7. The first kappa shape index (κ1) is 33.8. The van der Waals surface area contributed by atoms with Crippen LogP contribution in [0.25, 0.3) is 101 Å². The molecule has 61 heavy (non-hydrogen) atoms. The molecule has 11 aromatic rings. The summed E-state index contributed by atoms with van der Waals surface area (Å²) in [5.74, 6) is 1.21. The summed E-state index contributed by atoms with van der Waals surface area (Å²) in [5, 5.41) is 0. The predicted octanol–water partition coefficient (Wildman–Crippen LogP) is 14.6. The molecule has 4 heteroatoms. The second-order valence-corrected chi connectivity index (χ2v) is 16.1. The third kappa shape index (κ3) is 5.06. The van der Waals surface area contributed by atoms with Gasteiger partial charge in [-0.3, -0.25) is 0 Å². The number of benzene rings is 9. The van der Waals surface area contributed by atoms with E-state index in [1.807, 2.05) is 48.5 Å². The highest BCUT2D eigenvalue weighted by Crippen LogP contribution is 2.63. The van der Waals surface area contributed by atoms with Crippen molar-refractivity contribution in [3.63, 3.8) is 0 Å². The second-order valence-electron chi connectivity index (χ2n) is 16.1. The first-order valence-corrected chi connectivity index (χ1v) is 20.7. The first-order chi connectivity index (χ1) is 30.2. The summed E-state index contributed by atoms with van der Waals surface area (Å²) in [6.45, 7) is 0. The van der Waals surface area contributed by atoms with E-state index in [0.29, 0.717) is 11.8 Å². The van der Waals surface area contributed by atoms with Crippen molar-refractivity contribution in [1.29, 1.82) is 0 Å². The standard InChI is InChI=1S/C57H34N2O2/c1-4-20-47-43(17-1)44-18-2-5-21-48(44)57(47)49-22-6-3-19-45(49)46-28-27-37(34-50(46)57)42-32-40(35-13-11-15-38(29-35)55-58-51-23-7-9-25-53(51)60-55)31-41(33-42)36-14-12-16-39(30-36)56-59-52-24-8-10-26-54(52)61-56/h1-34H. The predicted molar refractivity (Wildman–Crippen MR) is 245 cm³/mol. The molecule has 2 heterocycles. The maximum atomic E-state index is 6.25. The molecule has 0 amide bonds. The fourth-order valence-electron chi connectivity index (χ4n) is 10.1. The molecule has 0 N–H and O–H groups in total. The minimum Gasteiger partial charge on any atom is -0.436 e. The van der Waals surface area contributed by atoms with Crippen LogP contribution in [0.5, 0.6) is 0 Å². The van der Waals surface area contributed by atoms with E-state index < -0.39 is 5.41 Å². The van der Waals surface area contributed by atoms with Crippen molar-refractivity contribution < 1.29 is 8.83 Å². The van der Waals surface area contributed by atoms with Gasteiger partial charge in [0.2, 0.25) is 11.8 Å². The number of oxazole rings is 2. The lowest BCUT2D eigenvalue weighted by molar-refractivity contribution is 0.619. The van der Waals surface area contributed by atoms with E-state index in [2.05, 4.69) is 158 Å². The van der Waals surface area contributed by atoms with Crippen LogP contribution in [0.4, 0.5) is 0 Å². The van der Waals surface area contributed by atoms with Crippen LogP contribution >= 0.6 is 0 Å². The number of hydrogen-bond donors (Lipinski definition) is 0. The largest absolute Gasteiger partial charge is 0.436 e. The van der Waals surface area contributed by atoms with Gasteiger partial charge in [-0.15, -0.1) is 0 Å². The molecule has 0 aliphatic heterocycles. The quantitative estimate of drug-likeness (QED) is 0.175. The van der Waals surface area contributed by atoms with Crippen LogP contribution < -0.4 is 0 Å². The van der Waals surface area contributed by atoms with Crippen molar-refractivity contribution in [3.8, 4) is 78.5 Å². The summed E-state index contributed by atoms with van der Waals surface area (Å²) in [6.07, 6.45) is 0. The third-order valence-electron chi connectivity index (χ3n) is 12.7. The molecule has 13 rings (SSSR count). The summed E-state index contributed by atoms with van der Waals surface area (Å²) < 4.78 is 12.5. The Labute approximate surface area is 352 Å². The molecule has 1 spiro atoms. The number of aromatic nitrogens is 2. The lowest BCUT2D eigenvalue weighted by atomic mass is 9.70. The molecule has 0 fully saturated rings. The van der Waals surface area contributed by atoms with Gasteiger partial charge in [0.15, 0.2) is 11.2 Å².